The van der Waals surface area contributed by atoms with Crippen molar-refractivity contribution in [2.45, 2.75) is 46.0 Å². The van der Waals surface area contributed by atoms with Crippen molar-refractivity contribution in [3.8, 4) is 0 Å². The van der Waals surface area contributed by atoms with Crippen LogP contribution in [-0.4, -0.2) is 18.3 Å². The monoisotopic (exact) mass is 197 g/mol. The van der Waals surface area contributed by atoms with Gasteiger partial charge >= 0.3 is 0 Å². The van der Waals surface area contributed by atoms with E-state index in [1.165, 1.54) is 25.7 Å². The molecule has 0 saturated carbocycles. The van der Waals surface area contributed by atoms with Crippen LogP contribution < -0.4 is 5.73 Å². The van der Waals surface area contributed by atoms with Gasteiger partial charge < -0.3 is 5.73 Å². The zero-order valence-corrected chi connectivity index (χ0v) is 9.50. The summed E-state index contributed by atoms with van der Waals surface area (Å²) >= 11 is 0. The summed E-state index contributed by atoms with van der Waals surface area (Å²) in [6.45, 7) is 8.62. The van der Waals surface area contributed by atoms with Gasteiger partial charge in [-0.3, -0.25) is 5.01 Å². The average Bonchev–Trinajstić information content (AvgIpc) is 2.23. The summed E-state index contributed by atoms with van der Waals surface area (Å²) in [5, 5.41) is 5.76. The number of hydrazone groups is 1. The molecule has 0 saturated heterocycles. The number of nitrogens with two attached hydrogens (primary N) is 1. The first-order chi connectivity index (χ1) is 6.79. The highest BCUT2D eigenvalue weighted by atomic mass is 15.4. The molecule has 0 aliphatic heterocycles. The van der Waals surface area contributed by atoms with E-state index in [9.17, 15) is 0 Å². The highest BCUT2D eigenvalue weighted by Crippen LogP contribution is 2.13. The minimum absolute atomic E-state index is 0.834. The third-order valence-electron chi connectivity index (χ3n) is 2.28. The van der Waals surface area contributed by atoms with Gasteiger partial charge in [0, 0.05) is 19.5 Å². The molecule has 0 aromatic rings. The van der Waals surface area contributed by atoms with Gasteiger partial charge in [-0.2, -0.15) is 5.10 Å². The van der Waals surface area contributed by atoms with Gasteiger partial charge in [-0.15, -0.1) is 0 Å². The zero-order chi connectivity index (χ0) is 10.8. The minimum Gasteiger partial charge on any atom is -0.403 e. The molecular formula is C11H23N3. The van der Waals surface area contributed by atoms with Crippen LogP contribution in [-0.2, 0) is 0 Å². The fourth-order valence-electron chi connectivity index (χ4n) is 1.43. The molecule has 14 heavy (non-hydrogen) atoms. The number of hydrogen-bond acceptors (Lipinski definition) is 3. The van der Waals surface area contributed by atoms with E-state index in [4.69, 9.17) is 5.73 Å². The molecule has 0 spiro atoms. The van der Waals surface area contributed by atoms with E-state index in [2.05, 4.69) is 18.7 Å². The quantitative estimate of drug-likeness (QED) is 0.369. The summed E-state index contributed by atoms with van der Waals surface area (Å²) in [6.07, 6.45) is 7.66. The number of unbranched alkanes of at least 4 members (excludes halogenated alkanes) is 3. The second kappa shape index (κ2) is 8.60. The second-order valence-electron chi connectivity index (χ2n) is 3.33. The minimum atomic E-state index is 0.834. The fraction of sp³-hybridized carbons (Fsp3) is 0.727. The molecule has 0 aromatic heterocycles. The molecule has 0 rings (SSSR count). The lowest BCUT2D eigenvalue weighted by molar-refractivity contribution is 0.367. The molecule has 0 amide bonds. The van der Waals surface area contributed by atoms with Gasteiger partial charge in [-0.05, 0) is 19.8 Å². The van der Waals surface area contributed by atoms with Gasteiger partial charge in [0.15, 0.2) is 0 Å². The van der Waals surface area contributed by atoms with Crippen molar-refractivity contribution in [3.63, 3.8) is 0 Å². The standard InChI is InChI=1S/C11H23N3/c1-4-6-7-8-9-11(10-12)14(5-2)13-3/h10H,3-9,12H2,1-2H3/b11-10-. The number of nitrogens with zero attached hydrogens (tertiary/aromatic N) is 2. The Morgan fingerprint density at radius 2 is 2.07 bits per heavy atom. The second-order valence-corrected chi connectivity index (χ2v) is 3.33. The molecule has 0 aromatic carbocycles. The highest BCUT2D eigenvalue weighted by molar-refractivity contribution is 5.23. The van der Waals surface area contributed by atoms with Crippen LogP contribution in [0.1, 0.15) is 46.0 Å². The summed E-state index contributed by atoms with van der Waals surface area (Å²) < 4.78 is 0. The Kier molecular flexibility index (Phi) is 7.99. The first-order valence-electron chi connectivity index (χ1n) is 5.45. The summed E-state index contributed by atoms with van der Waals surface area (Å²) in [5.41, 5.74) is 6.63. The third-order valence-corrected chi connectivity index (χ3v) is 2.28. The van der Waals surface area contributed by atoms with E-state index < -0.39 is 0 Å². The molecule has 0 aliphatic carbocycles. The van der Waals surface area contributed by atoms with Crippen LogP contribution in [0.25, 0.3) is 0 Å². The van der Waals surface area contributed by atoms with Crippen LogP contribution in [0.4, 0.5) is 0 Å². The maximum atomic E-state index is 5.55. The molecule has 2 N–H and O–H groups in total. The van der Waals surface area contributed by atoms with Crippen molar-refractivity contribution in [2.24, 2.45) is 10.8 Å². The van der Waals surface area contributed by atoms with Gasteiger partial charge in [-0.1, -0.05) is 26.2 Å². The van der Waals surface area contributed by atoms with E-state index in [0.29, 0.717) is 0 Å². The Labute approximate surface area is 87.7 Å². The number of allylic oxidation sites excluding steroid dienone is 1. The molecule has 0 atom stereocenters. The zero-order valence-electron chi connectivity index (χ0n) is 9.50. The average molecular weight is 197 g/mol. The van der Waals surface area contributed by atoms with E-state index in [0.717, 1.165) is 18.7 Å². The largest absolute Gasteiger partial charge is 0.403 e. The summed E-state index contributed by atoms with van der Waals surface area (Å²) in [5.74, 6) is 0. The lowest BCUT2D eigenvalue weighted by Crippen LogP contribution is -2.17. The van der Waals surface area contributed by atoms with Crippen molar-refractivity contribution in [1.29, 1.82) is 0 Å². The van der Waals surface area contributed by atoms with Crippen LogP contribution >= 0.6 is 0 Å². The van der Waals surface area contributed by atoms with Crippen molar-refractivity contribution in [1.82, 2.24) is 5.01 Å². The van der Waals surface area contributed by atoms with E-state index in [-0.39, 0.29) is 0 Å². The molecule has 0 aliphatic rings. The van der Waals surface area contributed by atoms with Crippen LogP contribution in [0.3, 0.4) is 0 Å². The van der Waals surface area contributed by atoms with Gasteiger partial charge in [0.1, 0.15) is 0 Å². The van der Waals surface area contributed by atoms with Crippen LogP contribution in [0.2, 0.25) is 0 Å². The summed E-state index contributed by atoms with van der Waals surface area (Å²) in [7, 11) is 0. The van der Waals surface area contributed by atoms with Crippen LogP contribution in [0.5, 0.6) is 0 Å². The molecule has 3 nitrogen and oxygen atoms in total. The molecule has 0 unspecified atom stereocenters. The predicted molar refractivity (Wildman–Crippen MR) is 63.0 cm³/mol. The Hall–Kier alpha value is -0.990. The van der Waals surface area contributed by atoms with E-state index >= 15 is 0 Å². The van der Waals surface area contributed by atoms with Crippen LogP contribution in [0.15, 0.2) is 17.0 Å². The van der Waals surface area contributed by atoms with Crippen molar-refractivity contribution in [3.05, 3.63) is 11.9 Å². The molecule has 0 radical (unpaired) electrons. The Bertz CT molecular complexity index is 175. The van der Waals surface area contributed by atoms with Crippen molar-refractivity contribution >= 4 is 6.72 Å². The van der Waals surface area contributed by atoms with Gasteiger partial charge in [0.05, 0.1) is 5.70 Å². The Morgan fingerprint density at radius 1 is 1.36 bits per heavy atom. The smallest absolute Gasteiger partial charge is 0.0521 e. The molecule has 82 valence electrons. The lowest BCUT2D eigenvalue weighted by atomic mass is 10.1. The lowest BCUT2D eigenvalue weighted by Gasteiger charge is -2.19. The fourth-order valence-corrected chi connectivity index (χ4v) is 1.43. The predicted octanol–water partition coefficient (Wildman–Crippen LogP) is 2.69. The first-order valence-corrected chi connectivity index (χ1v) is 5.45. The molecule has 3 heteroatoms. The topological polar surface area (TPSA) is 41.6 Å². The van der Waals surface area contributed by atoms with E-state index in [1.807, 2.05) is 11.9 Å². The highest BCUT2D eigenvalue weighted by Gasteiger charge is 2.03. The van der Waals surface area contributed by atoms with Crippen LogP contribution in [0, 0.1) is 0 Å². The molecule has 0 bridgehead atoms. The summed E-state index contributed by atoms with van der Waals surface area (Å²) in [6, 6.07) is 0. The van der Waals surface area contributed by atoms with Gasteiger partial charge in [0.2, 0.25) is 0 Å². The number of hydrogen-bond donors (Lipinski definition) is 1. The molecule has 0 fully saturated rings. The normalized spacial score (nSPS) is 11.4. The Morgan fingerprint density at radius 3 is 2.50 bits per heavy atom. The van der Waals surface area contributed by atoms with E-state index in [1.54, 1.807) is 6.20 Å². The third kappa shape index (κ3) is 4.90. The van der Waals surface area contributed by atoms with Crippen molar-refractivity contribution in [2.75, 3.05) is 6.54 Å². The first kappa shape index (κ1) is 13.0. The van der Waals surface area contributed by atoms with Crippen molar-refractivity contribution < 1.29 is 0 Å². The van der Waals surface area contributed by atoms with Gasteiger partial charge in [0.25, 0.3) is 0 Å². The maximum absolute atomic E-state index is 5.55. The maximum Gasteiger partial charge on any atom is 0.0521 e. The number of rotatable bonds is 8. The molecular weight excluding hydrogens is 174 g/mol. The summed E-state index contributed by atoms with van der Waals surface area (Å²) in [4.78, 5) is 0. The Balaban J connectivity index is 3.85. The molecule has 0 heterocycles. The SMILES string of the molecule is C=NN(CC)/C(=C\N)CCCCCC. The van der Waals surface area contributed by atoms with Gasteiger partial charge in [-0.25, -0.2) is 0 Å².